The number of ketones is 1. The van der Waals surface area contributed by atoms with Gasteiger partial charge < -0.3 is 29.2 Å². The number of aryl methyl sites for hydroxylation is 1. The Balaban J connectivity index is 1.74. The van der Waals surface area contributed by atoms with E-state index < -0.39 is 23.7 Å². The van der Waals surface area contributed by atoms with Crippen LogP contribution < -0.4 is 4.74 Å². The molecular formula is C28H35N3O7. The van der Waals surface area contributed by atoms with E-state index in [9.17, 15) is 19.5 Å². The Kier molecular flexibility index (Phi) is 8.53. The summed E-state index contributed by atoms with van der Waals surface area (Å²) < 4.78 is 15.8. The number of aromatic nitrogens is 1. The average Bonchev–Trinajstić information content (AvgIpc) is 3.36. The summed E-state index contributed by atoms with van der Waals surface area (Å²) in [5.74, 6) is -1.66. The number of amides is 1. The van der Waals surface area contributed by atoms with Crippen molar-refractivity contribution in [2.45, 2.75) is 33.2 Å². The molecule has 2 saturated heterocycles. The maximum absolute atomic E-state index is 13.4. The van der Waals surface area contributed by atoms with Gasteiger partial charge in [-0.25, -0.2) is 4.79 Å². The number of aliphatic hydroxyl groups is 1. The third kappa shape index (κ3) is 5.32. The molecule has 1 amide bonds. The first kappa shape index (κ1) is 27.4. The quantitative estimate of drug-likeness (QED) is 0.222. The van der Waals surface area contributed by atoms with E-state index in [-0.39, 0.29) is 17.0 Å². The molecule has 10 heteroatoms. The molecule has 0 aliphatic carbocycles. The summed E-state index contributed by atoms with van der Waals surface area (Å²) in [6, 6.07) is 6.40. The summed E-state index contributed by atoms with van der Waals surface area (Å²) in [7, 11) is 1.27. The zero-order valence-corrected chi connectivity index (χ0v) is 22.3. The van der Waals surface area contributed by atoms with Gasteiger partial charge in [-0.3, -0.25) is 14.5 Å². The Labute approximate surface area is 222 Å². The van der Waals surface area contributed by atoms with Gasteiger partial charge in [-0.05, 0) is 50.5 Å². The van der Waals surface area contributed by atoms with Crippen molar-refractivity contribution in [2.24, 2.45) is 0 Å². The van der Waals surface area contributed by atoms with Crippen LogP contribution in [0.3, 0.4) is 0 Å². The fourth-order valence-electron chi connectivity index (χ4n) is 5.21. The van der Waals surface area contributed by atoms with Gasteiger partial charge in [0, 0.05) is 37.4 Å². The van der Waals surface area contributed by atoms with Crippen molar-refractivity contribution in [2.75, 3.05) is 53.1 Å². The van der Waals surface area contributed by atoms with Crippen LogP contribution in [0.4, 0.5) is 0 Å². The van der Waals surface area contributed by atoms with Gasteiger partial charge in [-0.15, -0.1) is 0 Å². The molecular weight excluding hydrogens is 490 g/mol. The maximum atomic E-state index is 13.4. The van der Waals surface area contributed by atoms with Crippen molar-refractivity contribution in [3.63, 3.8) is 0 Å². The minimum absolute atomic E-state index is 0.00727. The van der Waals surface area contributed by atoms with Crippen LogP contribution in [-0.4, -0.2) is 90.7 Å². The normalized spacial score (nSPS) is 19.7. The number of H-pyrrole nitrogens is 1. The lowest BCUT2D eigenvalue weighted by Gasteiger charge is -2.29. The molecule has 2 fully saturated rings. The standard InChI is InChI=1S/C28H35N3O7/c1-5-38-20-9-7-19(8-10-20)24-22(25(32)21-17(2)23(28(35)36-4)29-18(21)3)26(33)27(34)31(24)12-6-11-30-13-15-37-16-14-30/h7-10,24,29,32H,5-6,11-16H2,1-4H3. The Morgan fingerprint density at radius 1 is 1.13 bits per heavy atom. The van der Waals surface area contributed by atoms with E-state index in [2.05, 4.69) is 9.88 Å². The SMILES string of the molecule is CCOc1ccc(C2C(=C(O)c3c(C)[nH]c(C(=O)OC)c3C)C(=O)C(=O)N2CCCN2CCOCC2)cc1. The van der Waals surface area contributed by atoms with E-state index in [0.717, 1.165) is 19.6 Å². The van der Waals surface area contributed by atoms with Crippen LogP contribution in [0, 0.1) is 13.8 Å². The van der Waals surface area contributed by atoms with Crippen molar-refractivity contribution in [1.82, 2.24) is 14.8 Å². The number of benzene rings is 1. The minimum atomic E-state index is -0.786. The Hall–Kier alpha value is -3.63. The maximum Gasteiger partial charge on any atom is 0.354 e. The second-order valence-corrected chi connectivity index (χ2v) is 9.42. The number of Topliss-reactive ketones (excluding diaryl/α,β-unsaturated/α-hetero) is 1. The topological polar surface area (TPSA) is 121 Å². The zero-order chi connectivity index (χ0) is 27.4. The molecule has 2 N–H and O–H groups in total. The van der Waals surface area contributed by atoms with Crippen LogP contribution in [0.5, 0.6) is 5.75 Å². The number of nitrogens with one attached hydrogen (secondary N) is 1. The third-order valence-corrected chi connectivity index (χ3v) is 7.09. The lowest BCUT2D eigenvalue weighted by Crippen LogP contribution is -2.38. The number of hydrogen-bond donors (Lipinski definition) is 2. The van der Waals surface area contributed by atoms with E-state index in [1.165, 1.54) is 12.0 Å². The first-order valence-electron chi connectivity index (χ1n) is 12.9. The number of morpholine rings is 1. The summed E-state index contributed by atoms with van der Waals surface area (Å²) in [4.78, 5) is 45.7. The molecule has 0 spiro atoms. The number of nitrogens with zero attached hydrogens (tertiary/aromatic N) is 2. The van der Waals surface area contributed by atoms with E-state index >= 15 is 0 Å². The van der Waals surface area contributed by atoms with Gasteiger partial charge in [0.25, 0.3) is 11.7 Å². The number of methoxy groups -OCH3 is 1. The molecule has 0 bridgehead atoms. The fraction of sp³-hybridized carbons (Fsp3) is 0.464. The summed E-state index contributed by atoms with van der Waals surface area (Å²) >= 11 is 0. The molecule has 2 aliphatic rings. The van der Waals surface area contributed by atoms with Gasteiger partial charge in [0.15, 0.2) is 0 Å². The lowest BCUT2D eigenvalue weighted by molar-refractivity contribution is -0.140. The smallest absolute Gasteiger partial charge is 0.354 e. The number of rotatable bonds is 9. The molecule has 38 heavy (non-hydrogen) atoms. The third-order valence-electron chi connectivity index (χ3n) is 7.09. The molecule has 10 nitrogen and oxygen atoms in total. The molecule has 1 atom stereocenters. The monoisotopic (exact) mass is 525 g/mol. The predicted molar refractivity (Wildman–Crippen MR) is 140 cm³/mol. The second kappa shape index (κ2) is 11.8. The number of likely N-dealkylation sites (tertiary alicyclic amines) is 1. The highest BCUT2D eigenvalue weighted by molar-refractivity contribution is 6.46. The lowest BCUT2D eigenvalue weighted by atomic mass is 9.94. The van der Waals surface area contributed by atoms with Crippen molar-refractivity contribution in [3.05, 3.63) is 57.9 Å². The van der Waals surface area contributed by atoms with Crippen LogP contribution >= 0.6 is 0 Å². The number of carbonyl (C=O) groups is 3. The first-order valence-corrected chi connectivity index (χ1v) is 12.9. The van der Waals surface area contributed by atoms with Crippen LogP contribution in [0.1, 0.15) is 52.3 Å². The van der Waals surface area contributed by atoms with E-state index in [4.69, 9.17) is 14.2 Å². The van der Waals surface area contributed by atoms with Gasteiger partial charge in [0.05, 0.1) is 38.5 Å². The summed E-state index contributed by atoms with van der Waals surface area (Å²) in [5.41, 5.74) is 2.10. The molecule has 4 rings (SSSR count). The Morgan fingerprint density at radius 3 is 2.45 bits per heavy atom. The van der Waals surface area contributed by atoms with Crippen LogP contribution in [0.25, 0.3) is 5.76 Å². The highest BCUT2D eigenvalue weighted by atomic mass is 16.5. The number of aromatic amines is 1. The zero-order valence-electron chi connectivity index (χ0n) is 22.3. The average molecular weight is 526 g/mol. The van der Waals surface area contributed by atoms with E-state index in [1.54, 1.807) is 38.1 Å². The van der Waals surface area contributed by atoms with Gasteiger partial charge in [-0.2, -0.15) is 0 Å². The Bertz CT molecular complexity index is 1230. The molecule has 1 unspecified atom stereocenters. The highest BCUT2D eigenvalue weighted by Crippen LogP contribution is 2.41. The number of ether oxygens (including phenoxy) is 3. The predicted octanol–water partition coefficient (Wildman–Crippen LogP) is 2.96. The summed E-state index contributed by atoms with van der Waals surface area (Å²) in [6.07, 6.45) is 0.662. The summed E-state index contributed by atoms with van der Waals surface area (Å²) in [6.45, 7) is 9.88. The number of hydrogen-bond acceptors (Lipinski definition) is 8. The first-order chi connectivity index (χ1) is 18.3. The Morgan fingerprint density at radius 2 is 1.82 bits per heavy atom. The van der Waals surface area contributed by atoms with Gasteiger partial charge >= 0.3 is 5.97 Å². The fourth-order valence-corrected chi connectivity index (χ4v) is 5.21. The largest absolute Gasteiger partial charge is 0.507 e. The van der Waals surface area contributed by atoms with Crippen LogP contribution in [-0.2, 0) is 19.1 Å². The van der Waals surface area contributed by atoms with Gasteiger partial charge in [0.2, 0.25) is 0 Å². The molecule has 204 valence electrons. The minimum Gasteiger partial charge on any atom is -0.507 e. The molecule has 3 heterocycles. The van der Waals surface area contributed by atoms with Crippen molar-refractivity contribution in [1.29, 1.82) is 0 Å². The van der Waals surface area contributed by atoms with Crippen LogP contribution in [0.15, 0.2) is 29.8 Å². The van der Waals surface area contributed by atoms with Crippen molar-refractivity contribution in [3.8, 4) is 5.75 Å². The second-order valence-electron chi connectivity index (χ2n) is 9.42. The number of carbonyl (C=O) groups excluding carboxylic acids is 3. The molecule has 0 saturated carbocycles. The molecule has 2 aliphatic heterocycles. The van der Waals surface area contributed by atoms with Crippen LogP contribution in [0.2, 0.25) is 0 Å². The molecule has 2 aromatic rings. The van der Waals surface area contributed by atoms with Crippen molar-refractivity contribution >= 4 is 23.4 Å². The highest BCUT2D eigenvalue weighted by Gasteiger charge is 2.46. The molecule has 1 aromatic heterocycles. The van der Waals surface area contributed by atoms with Gasteiger partial charge in [-0.1, -0.05) is 12.1 Å². The van der Waals surface area contributed by atoms with Crippen molar-refractivity contribution < 1.29 is 33.7 Å². The molecule has 0 radical (unpaired) electrons. The summed E-state index contributed by atoms with van der Waals surface area (Å²) in [5, 5.41) is 11.5. The molecule has 1 aromatic carbocycles. The van der Waals surface area contributed by atoms with E-state index in [0.29, 0.717) is 60.9 Å². The number of esters is 1. The van der Waals surface area contributed by atoms with Gasteiger partial charge in [0.1, 0.15) is 17.2 Å². The number of aliphatic hydroxyl groups excluding tert-OH is 1. The van der Waals surface area contributed by atoms with E-state index in [1.807, 2.05) is 6.92 Å².